The van der Waals surface area contributed by atoms with Crippen molar-refractivity contribution in [3.8, 4) is 11.4 Å². The first-order valence-electron chi connectivity index (χ1n) is 7.89. The molecule has 14 nitrogen and oxygen atoms in total. The summed E-state index contributed by atoms with van der Waals surface area (Å²) >= 11 is 0. The molecule has 1 aliphatic heterocycles. The number of nitrogens with zero attached hydrogens (tertiary/aromatic N) is 8. The average molecular weight is 410 g/mol. The summed E-state index contributed by atoms with van der Waals surface area (Å²) in [5.74, 6) is 0.444. The van der Waals surface area contributed by atoms with Crippen molar-refractivity contribution >= 4 is 22.4 Å². The largest absolute Gasteiger partial charge is 0.481 e. The van der Waals surface area contributed by atoms with Crippen LogP contribution in [-0.2, 0) is 28.9 Å². The first kappa shape index (κ1) is 19.3. The van der Waals surface area contributed by atoms with Gasteiger partial charge in [-0.3, -0.25) is 9.69 Å². The SMILES string of the molecule is COC1=CC(C)N(NC(=O)NS(=O)(=O)c2c(-c3nnn(C)n3)cnn2C)C=N1. The molecule has 1 aliphatic rings. The van der Waals surface area contributed by atoms with Crippen LogP contribution in [0.25, 0.3) is 11.4 Å². The van der Waals surface area contributed by atoms with Crippen molar-refractivity contribution in [2.24, 2.45) is 19.1 Å². The maximum Gasteiger partial charge on any atom is 0.347 e. The number of hydrazine groups is 1. The molecule has 0 fully saturated rings. The number of hydrogen-bond acceptors (Lipinski definition) is 10. The molecule has 150 valence electrons. The molecule has 0 aliphatic carbocycles. The summed E-state index contributed by atoms with van der Waals surface area (Å²) in [5, 5.41) is 16.4. The second-order valence-corrected chi connectivity index (χ2v) is 7.34. The van der Waals surface area contributed by atoms with E-state index in [-0.39, 0.29) is 22.5 Å². The Bertz CT molecular complexity index is 1050. The maximum atomic E-state index is 12.7. The number of carbonyl (C=O) groups is 1. The molecule has 1 unspecified atom stereocenters. The first-order valence-corrected chi connectivity index (χ1v) is 9.37. The van der Waals surface area contributed by atoms with E-state index in [2.05, 4.69) is 30.9 Å². The van der Waals surface area contributed by atoms with Crippen LogP contribution in [0.4, 0.5) is 4.79 Å². The number of aromatic nitrogens is 6. The number of aryl methyl sites for hydroxylation is 2. The lowest BCUT2D eigenvalue weighted by Gasteiger charge is -2.27. The van der Waals surface area contributed by atoms with E-state index < -0.39 is 16.1 Å². The van der Waals surface area contributed by atoms with Gasteiger partial charge in [-0.2, -0.15) is 18.3 Å². The van der Waals surface area contributed by atoms with Gasteiger partial charge in [0.2, 0.25) is 11.7 Å². The number of rotatable bonds is 5. The number of aliphatic imine (C=N–C) groups is 1. The molecule has 0 aromatic carbocycles. The molecular formula is C13H18N10O4S. The zero-order valence-corrected chi connectivity index (χ0v) is 16.2. The second kappa shape index (κ2) is 7.26. The number of urea groups is 1. The van der Waals surface area contributed by atoms with Crippen molar-refractivity contribution in [3.63, 3.8) is 0 Å². The minimum Gasteiger partial charge on any atom is -0.481 e. The summed E-state index contributed by atoms with van der Waals surface area (Å²) < 4.78 is 33.5. The number of tetrazole rings is 1. The van der Waals surface area contributed by atoms with Crippen LogP contribution in [0, 0.1) is 0 Å². The molecule has 28 heavy (non-hydrogen) atoms. The lowest BCUT2D eigenvalue weighted by atomic mass is 10.3. The van der Waals surface area contributed by atoms with Gasteiger partial charge in [-0.1, -0.05) is 0 Å². The highest BCUT2D eigenvalue weighted by molar-refractivity contribution is 7.90. The Labute approximate surface area is 159 Å². The Morgan fingerprint density at radius 1 is 1.32 bits per heavy atom. The molecule has 3 heterocycles. The van der Waals surface area contributed by atoms with E-state index in [1.165, 1.54) is 43.5 Å². The van der Waals surface area contributed by atoms with Crippen molar-refractivity contribution in [2.75, 3.05) is 7.11 Å². The Morgan fingerprint density at radius 2 is 2.07 bits per heavy atom. The standard InChI is InChI=1S/C13H18N10O4S/c1-8-5-10(27-4)14-7-23(8)18-13(24)19-28(25,26)12-9(6-15-21(12)2)11-16-20-22(3)17-11/h5-8H,1-4H3,(H2,18,19,24). The zero-order chi connectivity index (χ0) is 20.5. The summed E-state index contributed by atoms with van der Waals surface area (Å²) in [6, 6.07) is -1.29. The predicted octanol–water partition coefficient (Wildman–Crippen LogP) is -1.27. The Kier molecular flexibility index (Phi) is 5.00. The number of methoxy groups -OCH3 is 1. The predicted molar refractivity (Wildman–Crippen MR) is 94.7 cm³/mol. The Morgan fingerprint density at radius 3 is 2.68 bits per heavy atom. The van der Waals surface area contributed by atoms with E-state index in [4.69, 9.17) is 4.74 Å². The molecule has 0 saturated heterocycles. The third-order valence-electron chi connectivity index (χ3n) is 3.69. The fourth-order valence-electron chi connectivity index (χ4n) is 2.41. The van der Waals surface area contributed by atoms with Crippen LogP contribution in [0.1, 0.15) is 6.92 Å². The molecule has 2 N–H and O–H groups in total. The Balaban J connectivity index is 1.78. The van der Waals surface area contributed by atoms with E-state index in [1.54, 1.807) is 13.0 Å². The molecule has 0 radical (unpaired) electrons. The number of hydrogen-bond donors (Lipinski definition) is 2. The zero-order valence-electron chi connectivity index (χ0n) is 15.4. The summed E-state index contributed by atoms with van der Waals surface area (Å²) in [5.41, 5.74) is 2.50. The number of nitrogens with one attached hydrogen (secondary N) is 2. The van der Waals surface area contributed by atoms with Gasteiger partial charge in [0.25, 0.3) is 10.0 Å². The highest BCUT2D eigenvalue weighted by Crippen LogP contribution is 2.23. The quantitative estimate of drug-likeness (QED) is 0.612. The van der Waals surface area contributed by atoms with Crippen molar-refractivity contribution in [1.29, 1.82) is 0 Å². The Hall–Kier alpha value is -3.49. The van der Waals surface area contributed by atoms with Gasteiger partial charge in [0.05, 0.1) is 32.0 Å². The smallest absolute Gasteiger partial charge is 0.347 e. The molecule has 2 aromatic heterocycles. The van der Waals surface area contributed by atoms with Crippen LogP contribution in [0.2, 0.25) is 0 Å². The summed E-state index contributed by atoms with van der Waals surface area (Å²) in [6.07, 6.45) is 4.24. The highest BCUT2D eigenvalue weighted by Gasteiger charge is 2.29. The summed E-state index contributed by atoms with van der Waals surface area (Å²) in [4.78, 5) is 17.4. The number of ether oxygens (including phenoxy) is 1. The van der Waals surface area contributed by atoms with E-state index in [0.717, 1.165) is 4.68 Å². The van der Waals surface area contributed by atoms with Crippen molar-refractivity contribution in [3.05, 3.63) is 18.2 Å². The minimum absolute atomic E-state index is 0.0606. The third-order valence-corrected chi connectivity index (χ3v) is 5.13. The van der Waals surface area contributed by atoms with Crippen LogP contribution in [0.3, 0.4) is 0 Å². The van der Waals surface area contributed by atoms with Crippen LogP contribution in [-0.4, -0.2) is 68.9 Å². The summed E-state index contributed by atoms with van der Waals surface area (Å²) in [6.45, 7) is 1.76. The second-order valence-electron chi connectivity index (χ2n) is 5.74. The molecule has 1 atom stereocenters. The van der Waals surface area contributed by atoms with E-state index in [1.807, 2.05) is 4.72 Å². The van der Waals surface area contributed by atoms with Crippen LogP contribution in [0.5, 0.6) is 0 Å². The van der Waals surface area contributed by atoms with Gasteiger partial charge in [0, 0.05) is 13.1 Å². The highest BCUT2D eigenvalue weighted by atomic mass is 32.2. The van der Waals surface area contributed by atoms with E-state index in [0.29, 0.717) is 5.88 Å². The van der Waals surface area contributed by atoms with Gasteiger partial charge in [0.15, 0.2) is 5.03 Å². The maximum absolute atomic E-state index is 12.7. The molecule has 0 saturated carbocycles. The average Bonchev–Trinajstić information content (AvgIpc) is 3.22. The fraction of sp³-hybridized carbons (Fsp3) is 0.385. The monoisotopic (exact) mass is 410 g/mol. The molecule has 15 heteroatoms. The molecule has 2 aromatic rings. The molecular weight excluding hydrogens is 392 g/mol. The number of carbonyl (C=O) groups excluding carboxylic acids is 1. The van der Waals surface area contributed by atoms with Crippen LogP contribution < -0.4 is 10.1 Å². The number of amides is 2. The molecule has 3 rings (SSSR count). The normalized spacial score (nSPS) is 16.6. The van der Waals surface area contributed by atoms with Crippen molar-refractivity contribution < 1.29 is 17.9 Å². The molecule has 2 amide bonds. The fourth-order valence-corrected chi connectivity index (χ4v) is 3.62. The van der Waals surface area contributed by atoms with Gasteiger partial charge < -0.3 is 4.74 Å². The van der Waals surface area contributed by atoms with Crippen molar-refractivity contribution in [1.82, 2.24) is 45.1 Å². The molecule has 0 spiro atoms. The van der Waals surface area contributed by atoms with Gasteiger partial charge in [-0.25, -0.2) is 19.9 Å². The topological polar surface area (TPSA) is 162 Å². The minimum atomic E-state index is -4.29. The van der Waals surface area contributed by atoms with E-state index in [9.17, 15) is 13.2 Å². The number of sulfonamides is 1. The lowest BCUT2D eigenvalue weighted by molar-refractivity contribution is 0.210. The van der Waals surface area contributed by atoms with Gasteiger partial charge in [0.1, 0.15) is 6.34 Å². The van der Waals surface area contributed by atoms with Crippen LogP contribution in [0.15, 0.2) is 28.2 Å². The van der Waals surface area contributed by atoms with Gasteiger partial charge in [-0.15, -0.1) is 10.2 Å². The van der Waals surface area contributed by atoms with Gasteiger partial charge in [-0.05, 0) is 12.1 Å². The first-order chi connectivity index (χ1) is 13.2. The van der Waals surface area contributed by atoms with E-state index >= 15 is 0 Å². The van der Waals surface area contributed by atoms with Crippen molar-refractivity contribution in [2.45, 2.75) is 18.0 Å². The van der Waals surface area contributed by atoms with Crippen LogP contribution >= 0.6 is 0 Å². The third kappa shape index (κ3) is 3.78. The summed E-state index contributed by atoms with van der Waals surface area (Å²) in [7, 11) is 0.137. The van der Waals surface area contributed by atoms with Gasteiger partial charge >= 0.3 is 6.03 Å². The molecule has 0 bridgehead atoms. The lowest BCUT2D eigenvalue weighted by Crippen LogP contribution is -2.52.